The van der Waals surface area contributed by atoms with Crippen LogP contribution in [0.5, 0.6) is 0 Å². The van der Waals surface area contributed by atoms with Crippen LogP contribution >= 0.6 is 0 Å². The molecule has 0 radical (unpaired) electrons. The molecule has 96 valence electrons. The van der Waals surface area contributed by atoms with Crippen LogP contribution in [0.1, 0.15) is 40.5 Å². The molecule has 0 rings (SSSR count). The molecule has 0 aromatic carbocycles. The summed E-state index contributed by atoms with van der Waals surface area (Å²) in [6.45, 7) is 11.6. The molecule has 0 fully saturated rings. The number of nitrogens with zero attached hydrogens (tertiary/aromatic N) is 2. The molecule has 4 nitrogen and oxygen atoms in total. The lowest BCUT2D eigenvalue weighted by Gasteiger charge is -2.23. The van der Waals surface area contributed by atoms with Gasteiger partial charge in [0.1, 0.15) is 5.84 Å². The van der Waals surface area contributed by atoms with Gasteiger partial charge < -0.3 is 15.8 Å². The van der Waals surface area contributed by atoms with Gasteiger partial charge in [-0.25, -0.2) is 0 Å². The normalized spacial score (nSPS) is 14.8. The minimum atomic E-state index is 0.115. The Morgan fingerprint density at radius 1 is 1.38 bits per heavy atom. The average Bonchev–Trinajstić information content (AvgIpc) is 2.25. The van der Waals surface area contributed by atoms with Gasteiger partial charge in [-0.15, -0.1) is 0 Å². The van der Waals surface area contributed by atoms with E-state index in [2.05, 4.69) is 30.8 Å². The Bertz CT molecular complexity index is 204. The maximum absolute atomic E-state index is 8.58. The standard InChI is InChI=1S/C12H27N3O/c1-5-15(8-6-7-10(2)3)9-11(4)12(13)14-16/h10-11,16H,5-9H2,1-4H3,(H2,13,14). The van der Waals surface area contributed by atoms with E-state index in [4.69, 9.17) is 10.9 Å². The van der Waals surface area contributed by atoms with Gasteiger partial charge in [0.05, 0.1) is 0 Å². The number of hydrogen-bond acceptors (Lipinski definition) is 3. The molecule has 0 aliphatic heterocycles. The summed E-state index contributed by atoms with van der Waals surface area (Å²) < 4.78 is 0. The predicted octanol–water partition coefficient (Wildman–Crippen LogP) is 2.13. The number of rotatable bonds is 8. The predicted molar refractivity (Wildman–Crippen MR) is 68.8 cm³/mol. The summed E-state index contributed by atoms with van der Waals surface area (Å²) in [6, 6.07) is 0. The number of amidine groups is 1. The molecule has 0 amide bonds. The molecule has 0 saturated carbocycles. The average molecular weight is 229 g/mol. The van der Waals surface area contributed by atoms with Crippen LogP contribution in [0.3, 0.4) is 0 Å². The Kier molecular flexibility index (Phi) is 7.99. The van der Waals surface area contributed by atoms with Crippen molar-refractivity contribution in [2.24, 2.45) is 22.7 Å². The second-order valence-electron chi connectivity index (χ2n) is 4.86. The van der Waals surface area contributed by atoms with E-state index < -0.39 is 0 Å². The highest BCUT2D eigenvalue weighted by Crippen LogP contribution is 2.07. The number of nitrogens with two attached hydrogens (primary N) is 1. The zero-order valence-corrected chi connectivity index (χ0v) is 11.1. The van der Waals surface area contributed by atoms with E-state index in [9.17, 15) is 0 Å². The maximum atomic E-state index is 8.58. The molecule has 1 unspecified atom stereocenters. The Morgan fingerprint density at radius 2 is 2.00 bits per heavy atom. The van der Waals surface area contributed by atoms with Crippen LogP contribution in [0.4, 0.5) is 0 Å². The van der Waals surface area contributed by atoms with Crippen LogP contribution < -0.4 is 5.73 Å². The Morgan fingerprint density at radius 3 is 2.44 bits per heavy atom. The molecule has 0 spiro atoms. The van der Waals surface area contributed by atoms with Crippen molar-refractivity contribution in [3.8, 4) is 0 Å². The number of hydrogen-bond donors (Lipinski definition) is 2. The summed E-state index contributed by atoms with van der Waals surface area (Å²) in [7, 11) is 0. The third kappa shape index (κ3) is 6.67. The lowest BCUT2D eigenvalue weighted by molar-refractivity contribution is 0.256. The summed E-state index contributed by atoms with van der Waals surface area (Å²) in [4.78, 5) is 2.35. The van der Waals surface area contributed by atoms with Crippen LogP contribution in [-0.2, 0) is 0 Å². The van der Waals surface area contributed by atoms with Crippen molar-refractivity contribution in [2.45, 2.75) is 40.5 Å². The summed E-state index contributed by atoms with van der Waals surface area (Å²) in [6.07, 6.45) is 2.48. The molecule has 16 heavy (non-hydrogen) atoms. The Hall–Kier alpha value is -0.770. The van der Waals surface area contributed by atoms with Gasteiger partial charge in [0, 0.05) is 12.5 Å². The van der Waals surface area contributed by atoms with Crippen molar-refractivity contribution >= 4 is 5.84 Å². The van der Waals surface area contributed by atoms with Gasteiger partial charge in [-0.1, -0.05) is 32.9 Å². The molecule has 0 aromatic heterocycles. The fourth-order valence-electron chi connectivity index (χ4n) is 1.68. The van der Waals surface area contributed by atoms with Crippen molar-refractivity contribution in [3.05, 3.63) is 0 Å². The second kappa shape index (κ2) is 8.39. The quantitative estimate of drug-likeness (QED) is 0.290. The molecule has 0 aromatic rings. The first-order valence-corrected chi connectivity index (χ1v) is 6.21. The van der Waals surface area contributed by atoms with E-state index in [1.54, 1.807) is 0 Å². The Balaban J connectivity index is 3.91. The molecule has 4 heteroatoms. The van der Waals surface area contributed by atoms with Gasteiger partial charge >= 0.3 is 0 Å². The zero-order chi connectivity index (χ0) is 12.6. The van der Waals surface area contributed by atoms with E-state index >= 15 is 0 Å². The molecular formula is C12H27N3O. The fraction of sp³-hybridized carbons (Fsp3) is 0.917. The van der Waals surface area contributed by atoms with E-state index in [1.165, 1.54) is 12.8 Å². The van der Waals surface area contributed by atoms with Gasteiger partial charge in [-0.05, 0) is 31.8 Å². The Labute approximate surface area is 99.5 Å². The smallest absolute Gasteiger partial charge is 0.143 e. The van der Waals surface area contributed by atoms with E-state index in [-0.39, 0.29) is 5.92 Å². The first kappa shape index (κ1) is 15.2. The molecule has 1 atom stereocenters. The second-order valence-corrected chi connectivity index (χ2v) is 4.86. The van der Waals surface area contributed by atoms with Gasteiger partial charge in [0.2, 0.25) is 0 Å². The molecule has 0 bridgehead atoms. The summed E-state index contributed by atoms with van der Waals surface area (Å²) in [5, 5.41) is 11.6. The minimum Gasteiger partial charge on any atom is -0.409 e. The van der Waals surface area contributed by atoms with Crippen LogP contribution in [0.2, 0.25) is 0 Å². The monoisotopic (exact) mass is 229 g/mol. The molecule has 0 heterocycles. The minimum absolute atomic E-state index is 0.115. The zero-order valence-electron chi connectivity index (χ0n) is 11.1. The highest BCUT2D eigenvalue weighted by molar-refractivity contribution is 5.82. The van der Waals surface area contributed by atoms with E-state index in [1.807, 2.05) is 6.92 Å². The third-order valence-corrected chi connectivity index (χ3v) is 2.86. The first-order chi connectivity index (χ1) is 7.51. The molecule has 0 aliphatic carbocycles. The van der Waals surface area contributed by atoms with Gasteiger partial charge in [0.25, 0.3) is 0 Å². The maximum Gasteiger partial charge on any atom is 0.143 e. The summed E-state index contributed by atoms with van der Waals surface area (Å²) >= 11 is 0. The van der Waals surface area contributed by atoms with Crippen LogP contribution in [0, 0.1) is 11.8 Å². The highest BCUT2D eigenvalue weighted by atomic mass is 16.4. The topological polar surface area (TPSA) is 61.8 Å². The lowest BCUT2D eigenvalue weighted by Crippen LogP contribution is -2.35. The lowest BCUT2D eigenvalue weighted by atomic mass is 10.1. The van der Waals surface area contributed by atoms with Gasteiger partial charge in [-0.3, -0.25) is 0 Å². The first-order valence-electron chi connectivity index (χ1n) is 6.21. The van der Waals surface area contributed by atoms with Gasteiger partial charge in [-0.2, -0.15) is 0 Å². The molecular weight excluding hydrogens is 202 g/mol. The largest absolute Gasteiger partial charge is 0.409 e. The van der Waals surface area contributed by atoms with Crippen molar-refractivity contribution in [1.29, 1.82) is 0 Å². The van der Waals surface area contributed by atoms with Crippen molar-refractivity contribution in [2.75, 3.05) is 19.6 Å². The van der Waals surface area contributed by atoms with E-state index in [0.717, 1.165) is 25.6 Å². The number of oxime groups is 1. The van der Waals surface area contributed by atoms with Crippen LogP contribution in [0.15, 0.2) is 5.16 Å². The van der Waals surface area contributed by atoms with Crippen molar-refractivity contribution < 1.29 is 5.21 Å². The third-order valence-electron chi connectivity index (χ3n) is 2.86. The summed E-state index contributed by atoms with van der Waals surface area (Å²) in [5.74, 6) is 1.20. The van der Waals surface area contributed by atoms with Crippen LogP contribution in [-0.4, -0.2) is 35.6 Å². The van der Waals surface area contributed by atoms with Gasteiger partial charge in [0.15, 0.2) is 0 Å². The van der Waals surface area contributed by atoms with E-state index in [0.29, 0.717) is 5.84 Å². The molecule has 3 N–H and O–H groups in total. The fourth-order valence-corrected chi connectivity index (χ4v) is 1.68. The van der Waals surface area contributed by atoms with Crippen molar-refractivity contribution in [1.82, 2.24) is 4.90 Å². The van der Waals surface area contributed by atoms with Crippen molar-refractivity contribution in [3.63, 3.8) is 0 Å². The highest BCUT2D eigenvalue weighted by Gasteiger charge is 2.12. The van der Waals surface area contributed by atoms with Crippen LogP contribution in [0.25, 0.3) is 0 Å². The molecule has 0 aliphatic rings. The molecule has 0 saturated heterocycles. The summed E-state index contributed by atoms with van der Waals surface area (Å²) in [5.41, 5.74) is 5.57. The SMILES string of the molecule is CCN(CCCC(C)C)CC(C)C(N)=NO.